The SMILES string of the molecule is CCCCCCCCCCCCCCCC(=O)N(C)C(CO)C(=O)NC(C)C(=O)NCC(=O)N(C)C1C(=O)NC(CCCO)C(=O)NC(C(=O)O)Cc2ccc(O)c(c2)-c2cc1ccc2O. The summed E-state index contributed by atoms with van der Waals surface area (Å²) in [5.41, 5.74) is 0.621. The van der Waals surface area contributed by atoms with Gasteiger partial charge in [0.1, 0.15) is 41.7 Å². The number of hydrogen-bond acceptors (Lipinski definition) is 11. The second-order valence-corrected chi connectivity index (χ2v) is 17.2. The van der Waals surface area contributed by atoms with E-state index in [2.05, 4.69) is 28.2 Å². The third-order valence-electron chi connectivity index (χ3n) is 12.1. The van der Waals surface area contributed by atoms with E-state index in [4.69, 9.17) is 0 Å². The number of amides is 6. The number of nitrogens with zero attached hydrogens (tertiary/aromatic N) is 2. The second kappa shape index (κ2) is 28.3. The van der Waals surface area contributed by atoms with Gasteiger partial charge in [0.15, 0.2) is 0 Å². The summed E-state index contributed by atoms with van der Waals surface area (Å²) in [6.45, 7) is 1.85. The summed E-state index contributed by atoms with van der Waals surface area (Å²) in [5.74, 6) is -6.47. The number of unbranched alkanes of at least 4 members (excludes halogenated alkanes) is 12. The van der Waals surface area contributed by atoms with Crippen LogP contribution in [0, 0.1) is 0 Å². The van der Waals surface area contributed by atoms with Gasteiger partial charge in [0, 0.05) is 44.7 Å². The molecule has 0 saturated heterocycles. The highest BCUT2D eigenvalue weighted by Crippen LogP contribution is 2.38. The van der Waals surface area contributed by atoms with Crippen molar-refractivity contribution in [3.63, 3.8) is 0 Å². The minimum atomic E-state index is -1.53. The zero-order chi connectivity index (χ0) is 48.8. The molecule has 18 heteroatoms. The molecular formula is C48H72N6O12. The van der Waals surface area contributed by atoms with Crippen LogP contribution in [0.1, 0.15) is 134 Å². The zero-order valence-electron chi connectivity index (χ0n) is 39.0. The van der Waals surface area contributed by atoms with E-state index in [9.17, 15) is 59.1 Å². The molecule has 1 heterocycles. The number of nitrogens with one attached hydrogen (secondary N) is 4. The van der Waals surface area contributed by atoms with E-state index in [-0.39, 0.29) is 66.4 Å². The van der Waals surface area contributed by atoms with Crippen LogP contribution in [0.5, 0.6) is 11.5 Å². The molecule has 0 spiro atoms. The Balaban J connectivity index is 1.66. The summed E-state index contributed by atoms with van der Waals surface area (Å²) >= 11 is 0. The smallest absolute Gasteiger partial charge is 0.326 e. The van der Waals surface area contributed by atoms with E-state index in [0.717, 1.165) is 29.1 Å². The molecule has 5 unspecified atom stereocenters. The van der Waals surface area contributed by atoms with Crippen molar-refractivity contribution < 1.29 is 59.1 Å². The number of aliphatic hydroxyl groups is 2. The molecule has 6 amide bonds. The van der Waals surface area contributed by atoms with Gasteiger partial charge in [-0.25, -0.2) is 4.79 Å². The van der Waals surface area contributed by atoms with Crippen molar-refractivity contribution in [2.24, 2.45) is 0 Å². The third kappa shape index (κ3) is 16.9. The summed E-state index contributed by atoms with van der Waals surface area (Å²) < 4.78 is 0. The Morgan fingerprint density at radius 2 is 1.32 bits per heavy atom. The molecule has 18 nitrogen and oxygen atoms in total. The fourth-order valence-electron chi connectivity index (χ4n) is 7.92. The molecule has 3 rings (SSSR count). The number of carboxylic acid groups (broad SMARTS) is 1. The Bertz CT molecular complexity index is 1940. The number of aromatic hydroxyl groups is 2. The molecule has 0 aliphatic carbocycles. The normalized spacial score (nSPS) is 17.0. The average Bonchev–Trinajstić information content (AvgIpc) is 3.28. The molecule has 1 aliphatic heterocycles. The first-order valence-corrected chi connectivity index (χ1v) is 23.3. The lowest BCUT2D eigenvalue weighted by atomic mass is 9.93. The Morgan fingerprint density at radius 1 is 0.742 bits per heavy atom. The van der Waals surface area contributed by atoms with Crippen LogP contribution in [0.25, 0.3) is 11.1 Å². The van der Waals surface area contributed by atoms with Gasteiger partial charge in [-0.15, -0.1) is 0 Å². The number of aliphatic carboxylic acids is 1. The fourth-order valence-corrected chi connectivity index (χ4v) is 7.92. The number of hydrogen-bond donors (Lipinski definition) is 9. The summed E-state index contributed by atoms with van der Waals surface area (Å²) in [7, 11) is 2.68. The minimum Gasteiger partial charge on any atom is -0.507 e. The van der Waals surface area contributed by atoms with Crippen LogP contribution in [-0.4, -0.2) is 135 Å². The third-order valence-corrected chi connectivity index (χ3v) is 12.1. The van der Waals surface area contributed by atoms with Gasteiger partial charge in [-0.05, 0) is 61.6 Å². The summed E-state index contributed by atoms with van der Waals surface area (Å²) in [6, 6.07) is 1.30. The molecule has 66 heavy (non-hydrogen) atoms. The first-order chi connectivity index (χ1) is 31.5. The Kier molecular flexibility index (Phi) is 23.4. The number of carbonyl (C=O) groups is 7. The van der Waals surface area contributed by atoms with Crippen molar-refractivity contribution >= 4 is 41.4 Å². The van der Waals surface area contributed by atoms with Gasteiger partial charge in [-0.1, -0.05) is 96.1 Å². The van der Waals surface area contributed by atoms with Gasteiger partial charge < -0.3 is 56.6 Å². The van der Waals surface area contributed by atoms with E-state index in [1.54, 1.807) is 0 Å². The average molecular weight is 925 g/mol. The van der Waals surface area contributed by atoms with Crippen LogP contribution in [0.3, 0.4) is 0 Å². The summed E-state index contributed by atoms with van der Waals surface area (Å²) in [6.07, 6.45) is 15.0. The first kappa shape index (κ1) is 54.6. The van der Waals surface area contributed by atoms with E-state index in [1.807, 2.05) is 0 Å². The largest absolute Gasteiger partial charge is 0.507 e. The summed E-state index contributed by atoms with van der Waals surface area (Å²) in [5, 5.41) is 61.2. The zero-order valence-corrected chi connectivity index (χ0v) is 39.0. The molecule has 0 aromatic heterocycles. The number of phenols is 2. The molecule has 0 fully saturated rings. The lowest BCUT2D eigenvalue weighted by molar-refractivity contribution is -0.143. The highest BCUT2D eigenvalue weighted by atomic mass is 16.4. The highest BCUT2D eigenvalue weighted by molar-refractivity contribution is 5.96. The van der Waals surface area contributed by atoms with Gasteiger partial charge in [-0.3, -0.25) is 28.8 Å². The van der Waals surface area contributed by atoms with Gasteiger partial charge in [0.2, 0.25) is 35.4 Å². The Labute approximate surface area is 387 Å². The predicted molar refractivity (Wildman–Crippen MR) is 247 cm³/mol. The number of carboxylic acids is 1. The second-order valence-electron chi connectivity index (χ2n) is 17.2. The Morgan fingerprint density at radius 3 is 1.89 bits per heavy atom. The van der Waals surface area contributed by atoms with E-state index in [1.165, 1.54) is 115 Å². The highest BCUT2D eigenvalue weighted by Gasteiger charge is 2.35. The molecule has 9 N–H and O–H groups in total. The van der Waals surface area contributed by atoms with Crippen molar-refractivity contribution in [2.75, 3.05) is 33.9 Å². The molecule has 366 valence electrons. The van der Waals surface area contributed by atoms with Crippen LogP contribution >= 0.6 is 0 Å². The Hall–Kier alpha value is -5.75. The van der Waals surface area contributed by atoms with Gasteiger partial charge in [0.25, 0.3) is 0 Å². The fraction of sp³-hybridized carbons (Fsp3) is 0.604. The number of carbonyl (C=O) groups excluding carboxylic acids is 6. The predicted octanol–water partition coefficient (Wildman–Crippen LogP) is 3.57. The van der Waals surface area contributed by atoms with Gasteiger partial charge in [0.05, 0.1) is 13.2 Å². The number of fused-ring (bicyclic) bond motifs is 5. The van der Waals surface area contributed by atoms with E-state index < -0.39 is 78.9 Å². The van der Waals surface area contributed by atoms with Crippen LogP contribution in [0.4, 0.5) is 0 Å². The molecule has 5 atom stereocenters. The van der Waals surface area contributed by atoms with Gasteiger partial charge >= 0.3 is 5.97 Å². The number of rotatable bonds is 26. The van der Waals surface area contributed by atoms with Crippen molar-refractivity contribution in [2.45, 2.75) is 153 Å². The number of benzene rings is 2. The van der Waals surface area contributed by atoms with E-state index >= 15 is 0 Å². The quantitative estimate of drug-likeness (QED) is 0.0613. The lowest BCUT2D eigenvalue weighted by Gasteiger charge is -2.31. The molecular weight excluding hydrogens is 853 g/mol. The maximum absolute atomic E-state index is 14.2. The molecule has 2 aromatic rings. The molecule has 4 bridgehead atoms. The molecule has 0 radical (unpaired) electrons. The first-order valence-electron chi connectivity index (χ1n) is 23.3. The number of likely N-dealkylation sites (N-methyl/N-ethyl adjacent to an activating group) is 2. The molecule has 0 saturated carbocycles. The monoisotopic (exact) mass is 925 g/mol. The minimum absolute atomic E-state index is 0.0429. The number of aliphatic hydroxyl groups excluding tert-OH is 2. The topological polar surface area (TPSA) is 275 Å². The van der Waals surface area contributed by atoms with Crippen molar-refractivity contribution in [3.05, 3.63) is 47.5 Å². The van der Waals surface area contributed by atoms with Crippen LogP contribution in [-0.2, 0) is 40.0 Å². The van der Waals surface area contributed by atoms with Crippen molar-refractivity contribution in [1.82, 2.24) is 31.1 Å². The lowest BCUT2D eigenvalue weighted by Crippen LogP contribution is -2.55. The van der Waals surface area contributed by atoms with Crippen LogP contribution in [0.15, 0.2) is 36.4 Å². The van der Waals surface area contributed by atoms with Crippen molar-refractivity contribution in [1.29, 1.82) is 0 Å². The summed E-state index contributed by atoms with van der Waals surface area (Å²) in [4.78, 5) is 95.2. The maximum atomic E-state index is 14.2. The van der Waals surface area contributed by atoms with Crippen molar-refractivity contribution in [3.8, 4) is 22.6 Å². The van der Waals surface area contributed by atoms with Crippen LogP contribution in [0.2, 0.25) is 0 Å². The maximum Gasteiger partial charge on any atom is 0.326 e. The number of phenolic OH excluding ortho intramolecular Hbond substituents is 2. The standard InChI is InChI=1S/C48H72N6O12/c1-5-6-7-8-9-10-11-12-13-14-15-16-17-20-41(59)53(3)38(30-56)46(63)50-31(2)44(61)49-29-42(60)54(4)43-33-22-24-40(58)35(28-33)34-26-32(21-23-39(34)57)27-37(48(65)66)52-45(62)36(19-18-25-55)51-47(43)64/h21-24,26,28,31,36-38,43,55-58H,5-20,25,27,29-30H2,1-4H3,(H,49,61)(H,50,63)(H,51,64)(H,52,62)(H,65,66). The molecule has 2 aromatic carbocycles. The van der Waals surface area contributed by atoms with Gasteiger partial charge in [-0.2, -0.15) is 0 Å². The van der Waals surface area contributed by atoms with E-state index in [0.29, 0.717) is 12.0 Å². The van der Waals surface area contributed by atoms with Crippen LogP contribution < -0.4 is 21.3 Å². The molecule has 1 aliphatic rings.